The van der Waals surface area contributed by atoms with Crippen LogP contribution >= 0.6 is 11.3 Å². The smallest absolute Gasteiger partial charge is 0.260 e. The van der Waals surface area contributed by atoms with Crippen molar-refractivity contribution in [2.24, 2.45) is 0 Å². The van der Waals surface area contributed by atoms with Gasteiger partial charge in [-0.3, -0.25) is 9.69 Å². The monoisotopic (exact) mass is 368 g/mol. The molecule has 2 aromatic heterocycles. The van der Waals surface area contributed by atoms with E-state index in [0.717, 1.165) is 54.5 Å². The molecule has 0 radical (unpaired) electrons. The van der Waals surface area contributed by atoms with Crippen molar-refractivity contribution in [1.82, 2.24) is 19.8 Å². The lowest BCUT2D eigenvalue weighted by Gasteiger charge is -2.33. The normalized spacial score (nSPS) is 16.4. The van der Waals surface area contributed by atoms with Crippen molar-refractivity contribution in [1.29, 1.82) is 0 Å². The van der Waals surface area contributed by atoms with Crippen LogP contribution in [0.15, 0.2) is 34.4 Å². The molecule has 1 fully saturated rings. The Kier molecular flexibility index (Phi) is 4.89. The van der Waals surface area contributed by atoms with Crippen LogP contribution in [0.2, 0.25) is 0 Å². The average Bonchev–Trinajstić information content (AvgIpc) is 3.07. The van der Waals surface area contributed by atoms with E-state index in [2.05, 4.69) is 46.8 Å². The molecule has 1 aliphatic rings. The Morgan fingerprint density at radius 3 is 2.69 bits per heavy atom. The van der Waals surface area contributed by atoms with Crippen LogP contribution < -0.4 is 5.56 Å². The van der Waals surface area contributed by atoms with Gasteiger partial charge in [-0.15, -0.1) is 11.3 Å². The molecular weight excluding hydrogens is 344 g/mol. The van der Waals surface area contributed by atoms with Crippen molar-refractivity contribution in [2.75, 3.05) is 32.7 Å². The zero-order valence-electron chi connectivity index (χ0n) is 15.3. The summed E-state index contributed by atoms with van der Waals surface area (Å²) in [5.74, 6) is 0.769. The summed E-state index contributed by atoms with van der Waals surface area (Å²) in [6.45, 7) is 10.3. The predicted molar refractivity (Wildman–Crippen MR) is 108 cm³/mol. The van der Waals surface area contributed by atoms with E-state index in [0.29, 0.717) is 11.9 Å². The summed E-state index contributed by atoms with van der Waals surface area (Å²) in [6.07, 6.45) is 0. The highest BCUT2D eigenvalue weighted by molar-refractivity contribution is 7.17. The Balaban J connectivity index is 1.61. The van der Waals surface area contributed by atoms with Crippen molar-refractivity contribution in [3.8, 4) is 11.1 Å². The Bertz CT molecular complexity index is 969. The first-order valence-corrected chi connectivity index (χ1v) is 10.0. The molecule has 5 nitrogen and oxygen atoms in total. The van der Waals surface area contributed by atoms with Gasteiger partial charge >= 0.3 is 0 Å². The number of nitrogens with zero attached hydrogens (tertiary/aromatic N) is 3. The van der Waals surface area contributed by atoms with E-state index >= 15 is 0 Å². The number of aryl methyl sites for hydroxylation is 1. The van der Waals surface area contributed by atoms with E-state index in [1.165, 1.54) is 5.56 Å². The predicted octanol–water partition coefficient (Wildman–Crippen LogP) is 3.10. The summed E-state index contributed by atoms with van der Waals surface area (Å²) in [7, 11) is 0. The molecule has 0 aliphatic carbocycles. The molecule has 3 aromatic rings. The third-order valence-electron chi connectivity index (χ3n) is 5.11. The van der Waals surface area contributed by atoms with Gasteiger partial charge in [0.05, 0.1) is 11.9 Å². The lowest BCUT2D eigenvalue weighted by atomic mass is 10.0. The highest BCUT2D eigenvalue weighted by Gasteiger charge is 2.18. The summed E-state index contributed by atoms with van der Waals surface area (Å²) < 4.78 is 0. The van der Waals surface area contributed by atoms with E-state index < -0.39 is 0 Å². The molecule has 0 amide bonds. The summed E-state index contributed by atoms with van der Waals surface area (Å²) in [5.41, 5.74) is 3.21. The van der Waals surface area contributed by atoms with Crippen LogP contribution in [-0.4, -0.2) is 52.5 Å². The molecule has 3 heterocycles. The lowest BCUT2D eigenvalue weighted by molar-refractivity contribution is 0.129. The van der Waals surface area contributed by atoms with Crippen LogP contribution in [0.25, 0.3) is 21.3 Å². The van der Waals surface area contributed by atoms with Crippen LogP contribution in [0.3, 0.4) is 0 Å². The zero-order valence-corrected chi connectivity index (χ0v) is 16.1. The van der Waals surface area contributed by atoms with Gasteiger partial charge in [0.25, 0.3) is 5.56 Å². The van der Waals surface area contributed by atoms with Gasteiger partial charge in [-0.1, -0.05) is 36.8 Å². The molecule has 1 aliphatic heterocycles. The van der Waals surface area contributed by atoms with Crippen LogP contribution in [-0.2, 0) is 6.54 Å². The average molecular weight is 369 g/mol. The number of aromatic nitrogens is 2. The minimum absolute atomic E-state index is 0.0325. The number of aromatic amines is 1. The van der Waals surface area contributed by atoms with Gasteiger partial charge in [0.2, 0.25) is 0 Å². The molecule has 0 atom stereocenters. The molecule has 0 spiro atoms. The fourth-order valence-electron chi connectivity index (χ4n) is 3.57. The number of H-pyrrole nitrogens is 1. The standard InChI is InChI=1S/C20H24N4OS/c1-3-23-7-9-24(10-8-23)12-17-21-19(25)18-16(13-26-20(18)22-17)15-6-4-5-14(2)11-15/h4-6,11,13H,3,7-10,12H2,1-2H3,(H,21,22,25). The number of fused-ring (bicyclic) bond motifs is 1. The fraction of sp³-hybridized carbons (Fsp3) is 0.400. The number of thiophene rings is 1. The number of hydrogen-bond donors (Lipinski definition) is 1. The molecule has 136 valence electrons. The molecule has 0 saturated carbocycles. The summed E-state index contributed by atoms with van der Waals surface area (Å²) in [5, 5.41) is 2.76. The molecule has 1 aromatic carbocycles. The van der Waals surface area contributed by atoms with Crippen molar-refractivity contribution < 1.29 is 0 Å². The summed E-state index contributed by atoms with van der Waals surface area (Å²) >= 11 is 1.55. The molecule has 1 N–H and O–H groups in total. The Morgan fingerprint density at radius 2 is 1.96 bits per heavy atom. The lowest BCUT2D eigenvalue weighted by Crippen LogP contribution is -2.45. The minimum atomic E-state index is -0.0325. The van der Waals surface area contributed by atoms with Gasteiger partial charge in [-0.05, 0) is 19.0 Å². The summed E-state index contributed by atoms with van der Waals surface area (Å²) in [6, 6.07) is 8.26. The zero-order chi connectivity index (χ0) is 18.1. The second kappa shape index (κ2) is 7.31. The third kappa shape index (κ3) is 3.45. The molecule has 0 unspecified atom stereocenters. The first kappa shape index (κ1) is 17.4. The largest absolute Gasteiger partial charge is 0.309 e. The van der Waals surface area contributed by atoms with Crippen molar-refractivity contribution in [3.05, 3.63) is 51.4 Å². The summed E-state index contributed by atoms with van der Waals surface area (Å²) in [4.78, 5) is 26.2. The van der Waals surface area contributed by atoms with Crippen molar-refractivity contribution in [2.45, 2.75) is 20.4 Å². The number of rotatable bonds is 4. The topological polar surface area (TPSA) is 52.2 Å². The molecule has 0 bridgehead atoms. The quantitative estimate of drug-likeness (QED) is 0.769. The van der Waals surface area contributed by atoms with E-state index in [9.17, 15) is 4.79 Å². The van der Waals surface area contributed by atoms with Crippen LogP contribution in [0.5, 0.6) is 0 Å². The SMILES string of the molecule is CCN1CCN(Cc2nc3scc(-c4cccc(C)c4)c3c(=O)[nH]2)CC1. The van der Waals surface area contributed by atoms with E-state index in [-0.39, 0.29) is 5.56 Å². The van der Waals surface area contributed by atoms with E-state index in [4.69, 9.17) is 4.98 Å². The first-order valence-electron chi connectivity index (χ1n) is 9.16. The number of piperazine rings is 1. The third-order valence-corrected chi connectivity index (χ3v) is 5.98. The molecule has 1 saturated heterocycles. The molecule has 4 rings (SSSR count). The number of benzene rings is 1. The van der Waals surface area contributed by atoms with Gasteiger partial charge < -0.3 is 9.88 Å². The van der Waals surface area contributed by atoms with Crippen LogP contribution in [0.4, 0.5) is 0 Å². The Morgan fingerprint density at radius 1 is 1.19 bits per heavy atom. The highest BCUT2D eigenvalue weighted by atomic mass is 32.1. The van der Waals surface area contributed by atoms with Gasteiger partial charge in [-0.2, -0.15) is 0 Å². The first-order chi connectivity index (χ1) is 12.6. The van der Waals surface area contributed by atoms with Crippen LogP contribution in [0, 0.1) is 6.92 Å². The van der Waals surface area contributed by atoms with E-state index in [1.807, 2.05) is 11.4 Å². The highest BCUT2D eigenvalue weighted by Crippen LogP contribution is 2.31. The van der Waals surface area contributed by atoms with Gasteiger partial charge in [0.1, 0.15) is 10.7 Å². The molecule has 6 heteroatoms. The molecule has 26 heavy (non-hydrogen) atoms. The van der Waals surface area contributed by atoms with Gasteiger partial charge in [0, 0.05) is 37.1 Å². The maximum Gasteiger partial charge on any atom is 0.260 e. The second-order valence-corrected chi connectivity index (χ2v) is 7.78. The Labute approximate surface area is 157 Å². The van der Waals surface area contributed by atoms with Crippen molar-refractivity contribution >= 4 is 21.6 Å². The second-order valence-electron chi connectivity index (χ2n) is 6.92. The van der Waals surface area contributed by atoms with Crippen LogP contribution in [0.1, 0.15) is 18.3 Å². The number of likely N-dealkylation sites (N-methyl/N-ethyl adjacent to an activating group) is 1. The van der Waals surface area contributed by atoms with E-state index in [1.54, 1.807) is 11.3 Å². The van der Waals surface area contributed by atoms with Gasteiger partial charge in [-0.25, -0.2) is 4.98 Å². The maximum absolute atomic E-state index is 12.8. The van der Waals surface area contributed by atoms with Crippen molar-refractivity contribution in [3.63, 3.8) is 0 Å². The molecular formula is C20H24N4OS. The maximum atomic E-state index is 12.8. The van der Waals surface area contributed by atoms with Gasteiger partial charge in [0.15, 0.2) is 0 Å². The Hall–Kier alpha value is -2.02. The number of nitrogens with one attached hydrogen (secondary N) is 1. The fourth-order valence-corrected chi connectivity index (χ4v) is 4.54. The minimum Gasteiger partial charge on any atom is -0.309 e. The number of hydrogen-bond acceptors (Lipinski definition) is 5.